The molecule has 3 aromatic rings. The predicted octanol–water partition coefficient (Wildman–Crippen LogP) is 0.739. The van der Waals surface area contributed by atoms with Gasteiger partial charge in [0, 0.05) is 12.4 Å². The molecule has 1 aromatic heterocycles. The van der Waals surface area contributed by atoms with E-state index < -0.39 is 38.0 Å². The third-order valence-corrected chi connectivity index (χ3v) is 7.43. The van der Waals surface area contributed by atoms with Gasteiger partial charge < -0.3 is 25.8 Å². The summed E-state index contributed by atoms with van der Waals surface area (Å²) in [6.07, 6.45) is 0.211. The number of benzene rings is 2. The van der Waals surface area contributed by atoms with Crippen LogP contribution in [0.2, 0.25) is 0 Å². The van der Waals surface area contributed by atoms with Gasteiger partial charge in [0.2, 0.25) is 5.91 Å². The first-order valence-electron chi connectivity index (χ1n) is 9.74. The summed E-state index contributed by atoms with van der Waals surface area (Å²) in [7, 11) is -0.994. The first-order chi connectivity index (χ1) is 15.0. The molecule has 0 aliphatic carbocycles. The number of aliphatic hydroxyl groups excluding tert-OH is 3. The van der Waals surface area contributed by atoms with Crippen molar-refractivity contribution >= 4 is 24.4 Å². The normalized spacial score (nSPS) is 22.6. The Labute approximate surface area is 181 Å². The number of hydrogen-bond donors (Lipinski definition) is 4. The zero-order chi connectivity index (χ0) is 22.2. The Morgan fingerprint density at radius 3 is 1.90 bits per heavy atom. The van der Waals surface area contributed by atoms with Crippen LogP contribution in [0.3, 0.4) is 0 Å². The number of aliphatic hydroxyl groups is 3. The van der Waals surface area contributed by atoms with E-state index in [1.807, 2.05) is 60.7 Å². The quantitative estimate of drug-likeness (QED) is 0.434. The van der Waals surface area contributed by atoms with E-state index in [0.29, 0.717) is 5.56 Å². The molecule has 0 bridgehead atoms. The molecule has 4 rings (SSSR count). The molecule has 1 unspecified atom stereocenters. The van der Waals surface area contributed by atoms with Crippen LogP contribution in [0.15, 0.2) is 85.2 Å². The number of hydrogen-bond acceptors (Lipinski definition) is 6. The third-order valence-electron chi connectivity index (χ3n) is 4.79. The number of amides is 1. The highest BCUT2D eigenvalue weighted by Crippen LogP contribution is 2.46. The van der Waals surface area contributed by atoms with Crippen LogP contribution in [-0.2, 0) is 4.74 Å². The topological polar surface area (TPSA) is 126 Å². The number of ether oxygens (including phenoxy) is 1. The fraction of sp³-hybridized carbons (Fsp3) is 0.217. The first kappa shape index (κ1) is 23.0. The molecule has 7 nitrogen and oxygen atoms in total. The fourth-order valence-electron chi connectivity index (χ4n) is 3.22. The Kier molecular flexibility index (Phi) is 8.23. The van der Waals surface area contributed by atoms with Gasteiger partial charge in [-0.15, -0.1) is 0 Å². The Hall–Kier alpha value is -2.67. The summed E-state index contributed by atoms with van der Waals surface area (Å²) < 4.78 is 5.78. The zero-order valence-corrected chi connectivity index (χ0v) is 17.6. The smallest absolute Gasteiger partial charge is 0.250 e. The number of carbonyl (C=O) groups excluding carboxylic acids is 1. The van der Waals surface area contributed by atoms with E-state index >= 15 is 0 Å². The summed E-state index contributed by atoms with van der Waals surface area (Å²) in [4.78, 5) is 14.1. The van der Waals surface area contributed by atoms with Gasteiger partial charge in [-0.1, -0.05) is 60.7 Å². The van der Waals surface area contributed by atoms with Gasteiger partial charge in [-0.2, -0.15) is 0 Å². The maximum Gasteiger partial charge on any atom is 0.250 e. The number of aromatic nitrogens is 1. The Morgan fingerprint density at radius 2 is 1.52 bits per heavy atom. The first-order valence-corrected chi connectivity index (χ1v) is 11.2. The highest BCUT2D eigenvalue weighted by molar-refractivity contribution is 7.73. The molecule has 4 atom stereocenters. The highest BCUT2D eigenvalue weighted by Gasteiger charge is 2.46. The van der Waals surface area contributed by atoms with Crippen molar-refractivity contribution < 1.29 is 24.9 Å². The van der Waals surface area contributed by atoms with Gasteiger partial charge in [0.15, 0.2) is 0 Å². The Morgan fingerprint density at radius 1 is 0.935 bits per heavy atom. The molecule has 1 aliphatic heterocycles. The molecule has 0 radical (unpaired) electrons. The molecule has 1 amide bonds. The lowest BCUT2D eigenvalue weighted by atomic mass is 10.2. The van der Waals surface area contributed by atoms with Crippen molar-refractivity contribution in [3.8, 4) is 0 Å². The van der Waals surface area contributed by atoms with Crippen LogP contribution >= 0.6 is 7.92 Å². The van der Waals surface area contributed by atoms with Gasteiger partial charge in [0.1, 0.15) is 24.2 Å². The molecule has 1 fully saturated rings. The maximum atomic E-state index is 10.4. The van der Waals surface area contributed by atoms with Crippen molar-refractivity contribution in [1.82, 2.24) is 4.98 Å². The molecule has 1 aliphatic rings. The molecule has 0 spiro atoms. The minimum Gasteiger partial charge on any atom is -0.394 e. The number of carbonyl (C=O) groups is 1. The van der Waals surface area contributed by atoms with Crippen LogP contribution in [0.25, 0.3) is 0 Å². The molecule has 162 valence electrons. The molecule has 2 heterocycles. The number of nitrogens with two attached hydrogens (primary N) is 1. The van der Waals surface area contributed by atoms with Crippen LogP contribution in [0.1, 0.15) is 10.4 Å². The van der Waals surface area contributed by atoms with Gasteiger partial charge >= 0.3 is 0 Å². The van der Waals surface area contributed by atoms with E-state index in [9.17, 15) is 20.1 Å². The van der Waals surface area contributed by atoms with Crippen molar-refractivity contribution in [3.63, 3.8) is 0 Å². The van der Waals surface area contributed by atoms with Crippen molar-refractivity contribution in [3.05, 3.63) is 90.8 Å². The monoisotopic (exact) mass is 440 g/mol. The molecular weight excluding hydrogens is 415 g/mol. The summed E-state index contributed by atoms with van der Waals surface area (Å²) in [6.45, 7) is -0.304. The molecular formula is C23H25N2O5P. The lowest BCUT2D eigenvalue weighted by Crippen LogP contribution is -2.35. The Balaban J connectivity index is 0.000000254. The molecule has 1 saturated heterocycles. The summed E-state index contributed by atoms with van der Waals surface area (Å²) in [5.41, 5.74) is 5.38. The number of rotatable bonds is 5. The third kappa shape index (κ3) is 5.73. The van der Waals surface area contributed by atoms with Gasteiger partial charge in [0.25, 0.3) is 0 Å². The van der Waals surface area contributed by atoms with Gasteiger partial charge in [0.05, 0.1) is 12.2 Å². The average Bonchev–Trinajstić information content (AvgIpc) is 3.10. The molecule has 8 heteroatoms. The minimum absolute atomic E-state index is 0.304. The summed E-state index contributed by atoms with van der Waals surface area (Å²) in [5, 5.41) is 31.9. The molecule has 31 heavy (non-hydrogen) atoms. The van der Waals surface area contributed by atoms with Crippen LogP contribution < -0.4 is 16.3 Å². The van der Waals surface area contributed by atoms with Gasteiger partial charge in [-0.05, 0) is 30.7 Å². The van der Waals surface area contributed by atoms with Crippen molar-refractivity contribution in [1.29, 1.82) is 0 Å². The minimum atomic E-state index is -1.06. The van der Waals surface area contributed by atoms with Crippen LogP contribution in [0.5, 0.6) is 0 Å². The number of pyridine rings is 1. The van der Waals surface area contributed by atoms with Crippen molar-refractivity contribution in [2.75, 3.05) is 6.61 Å². The van der Waals surface area contributed by atoms with E-state index in [4.69, 9.17) is 10.5 Å². The largest absolute Gasteiger partial charge is 0.394 e. The van der Waals surface area contributed by atoms with Crippen LogP contribution in [0, 0.1) is 0 Å². The van der Waals surface area contributed by atoms with Crippen molar-refractivity contribution in [2.24, 2.45) is 5.73 Å². The number of nitrogens with zero attached hydrogens (tertiary/aromatic N) is 1. The van der Waals surface area contributed by atoms with E-state index in [0.717, 1.165) is 10.6 Å². The van der Waals surface area contributed by atoms with E-state index in [1.165, 1.54) is 6.20 Å². The van der Waals surface area contributed by atoms with Crippen LogP contribution in [0.4, 0.5) is 0 Å². The van der Waals surface area contributed by atoms with E-state index in [2.05, 4.69) is 4.98 Å². The zero-order valence-electron chi connectivity index (χ0n) is 16.7. The van der Waals surface area contributed by atoms with E-state index in [-0.39, 0.29) is 6.61 Å². The molecule has 5 N–H and O–H groups in total. The van der Waals surface area contributed by atoms with Gasteiger partial charge in [-0.25, -0.2) is 0 Å². The maximum absolute atomic E-state index is 10.4. The van der Waals surface area contributed by atoms with Gasteiger partial charge in [-0.3, -0.25) is 9.78 Å². The Bertz CT molecular complexity index is 906. The van der Waals surface area contributed by atoms with E-state index in [1.54, 1.807) is 18.3 Å². The second-order valence-corrected chi connectivity index (χ2v) is 9.16. The number of primary amides is 1. The fourth-order valence-corrected chi connectivity index (χ4v) is 5.85. The SMILES string of the molecule is NC(=O)c1cccnc1.OC[C@H]1OC(P(c2ccccc2)c2ccccc2)[C@H](O)[C@@H]1O. The molecule has 2 aromatic carbocycles. The lowest BCUT2D eigenvalue weighted by Gasteiger charge is -2.27. The second kappa shape index (κ2) is 11.1. The predicted molar refractivity (Wildman–Crippen MR) is 120 cm³/mol. The second-order valence-electron chi connectivity index (χ2n) is 6.88. The van der Waals surface area contributed by atoms with Crippen molar-refractivity contribution in [2.45, 2.75) is 24.2 Å². The highest BCUT2D eigenvalue weighted by atomic mass is 31.1. The summed E-state index contributed by atoms with van der Waals surface area (Å²) in [6, 6.07) is 23.0. The lowest BCUT2D eigenvalue weighted by molar-refractivity contribution is -0.00840. The van der Waals surface area contributed by atoms with Crippen LogP contribution in [-0.4, -0.2) is 57.0 Å². The standard InChI is InChI=1S/C17H19O4P.C6H6N2O/c18-11-14-15(19)16(20)17(21-14)22(12-7-3-1-4-8-12)13-9-5-2-6-10-13;7-6(9)5-2-1-3-8-4-5/h1-10,14-20H,11H2;1-4H,(H2,7,9)/t14-,15-,16-,17?;/m1./s1. The average molecular weight is 440 g/mol. The summed E-state index contributed by atoms with van der Waals surface area (Å²) in [5.74, 6) is -0.977. The molecule has 0 saturated carbocycles. The summed E-state index contributed by atoms with van der Waals surface area (Å²) >= 11 is 0.